The van der Waals surface area contributed by atoms with Crippen LogP contribution in [0.5, 0.6) is 5.75 Å². The van der Waals surface area contributed by atoms with Gasteiger partial charge in [-0.3, -0.25) is 0 Å². The number of carbonyl (C=O) groups excluding carboxylic acids is 1. The van der Waals surface area contributed by atoms with Crippen LogP contribution < -0.4 is 4.74 Å². The molecule has 0 spiro atoms. The van der Waals surface area contributed by atoms with E-state index in [0.717, 1.165) is 6.54 Å². The molecule has 0 unspecified atom stereocenters. The van der Waals surface area contributed by atoms with Gasteiger partial charge >= 0.3 is 5.97 Å². The third-order valence-corrected chi connectivity index (χ3v) is 2.84. The summed E-state index contributed by atoms with van der Waals surface area (Å²) in [6, 6.07) is 5.26. The molecular weight excluding hydrogens is 286 g/mol. The first kappa shape index (κ1) is 14.0. The molecule has 0 aromatic heterocycles. The fourth-order valence-corrected chi connectivity index (χ4v) is 1.62. The van der Waals surface area contributed by atoms with Gasteiger partial charge in [0.1, 0.15) is 12.4 Å². The maximum absolute atomic E-state index is 11.5. The first-order valence-corrected chi connectivity index (χ1v) is 5.99. The van der Waals surface area contributed by atoms with Gasteiger partial charge in [-0.05, 0) is 48.2 Å². The van der Waals surface area contributed by atoms with E-state index in [4.69, 9.17) is 4.74 Å². The second-order valence-corrected chi connectivity index (χ2v) is 4.64. The number of hydrogen-bond acceptors (Lipinski definition) is 4. The van der Waals surface area contributed by atoms with Gasteiger partial charge < -0.3 is 14.4 Å². The van der Waals surface area contributed by atoms with E-state index in [-0.39, 0.29) is 5.97 Å². The Bertz CT molecular complexity index is 393. The number of ether oxygens (including phenoxy) is 2. The van der Waals surface area contributed by atoms with Gasteiger partial charge in [-0.25, -0.2) is 4.79 Å². The molecule has 17 heavy (non-hydrogen) atoms. The second-order valence-electron chi connectivity index (χ2n) is 3.78. The van der Waals surface area contributed by atoms with Crippen molar-refractivity contribution in [3.63, 3.8) is 0 Å². The lowest BCUT2D eigenvalue weighted by Crippen LogP contribution is -2.19. The second kappa shape index (κ2) is 6.61. The van der Waals surface area contributed by atoms with Gasteiger partial charge in [0, 0.05) is 11.0 Å². The molecule has 0 aliphatic heterocycles. The van der Waals surface area contributed by atoms with Gasteiger partial charge in [-0.15, -0.1) is 0 Å². The van der Waals surface area contributed by atoms with Crippen LogP contribution in [0.15, 0.2) is 22.7 Å². The normalized spacial score (nSPS) is 10.4. The molecule has 0 saturated heterocycles. The third-order valence-electron chi connectivity index (χ3n) is 2.15. The standard InChI is InChI=1S/C12H16BrNO3/c1-14(2)6-7-17-9-4-5-11(13)10(8-9)12(15)16-3/h4-5,8H,6-7H2,1-3H3. The van der Waals surface area contributed by atoms with Crippen LogP contribution in [-0.4, -0.2) is 45.2 Å². The average Bonchev–Trinajstić information content (AvgIpc) is 2.30. The monoisotopic (exact) mass is 301 g/mol. The van der Waals surface area contributed by atoms with Crippen LogP contribution in [0.3, 0.4) is 0 Å². The van der Waals surface area contributed by atoms with Crippen molar-refractivity contribution in [2.45, 2.75) is 0 Å². The van der Waals surface area contributed by atoms with Crippen LogP contribution in [0.25, 0.3) is 0 Å². The largest absolute Gasteiger partial charge is 0.492 e. The van der Waals surface area contributed by atoms with Crippen molar-refractivity contribution in [3.05, 3.63) is 28.2 Å². The summed E-state index contributed by atoms with van der Waals surface area (Å²) in [4.78, 5) is 13.5. The zero-order valence-electron chi connectivity index (χ0n) is 10.2. The minimum absolute atomic E-state index is 0.380. The summed E-state index contributed by atoms with van der Waals surface area (Å²) >= 11 is 3.30. The maximum atomic E-state index is 11.5. The minimum atomic E-state index is -0.380. The Balaban J connectivity index is 2.71. The lowest BCUT2D eigenvalue weighted by Gasteiger charge is -2.12. The molecule has 0 heterocycles. The van der Waals surface area contributed by atoms with Crippen molar-refractivity contribution in [2.75, 3.05) is 34.4 Å². The number of likely N-dealkylation sites (N-methyl/N-ethyl adjacent to an activating group) is 1. The number of nitrogens with zero attached hydrogens (tertiary/aromatic N) is 1. The molecule has 5 heteroatoms. The van der Waals surface area contributed by atoms with Crippen molar-refractivity contribution in [3.8, 4) is 5.75 Å². The van der Waals surface area contributed by atoms with Crippen LogP contribution in [0.4, 0.5) is 0 Å². The highest BCUT2D eigenvalue weighted by atomic mass is 79.9. The Hall–Kier alpha value is -1.07. The molecule has 0 aliphatic carbocycles. The maximum Gasteiger partial charge on any atom is 0.339 e. The molecule has 0 N–H and O–H groups in total. The van der Waals surface area contributed by atoms with Crippen LogP contribution in [-0.2, 0) is 4.74 Å². The Morgan fingerprint density at radius 1 is 1.41 bits per heavy atom. The smallest absolute Gasteiger partial charge is 0.339 e. The molecule has 0 fully saturated rings. The van der Waals surface area contributed by atoms with E-state index in [1.54, 1.807) is 12.1 Å². The number of halogens is 1. The lowest BCUT2D eigenvalue weighted by atomic mass is 10.2. The fourth-order valence-electron chi connectivity index (χ4n) is 1.21. The average molecular weight is 302 g/mol. The van der Waals surface area contributed by atoms with Crippen LogP contribution in [0.1, 0.15) is 10.4 Å². The Labute approximate surface area is 110 Å². The van der Waals surface area contributed by atoms with E-state index in [1.165, 1.54) is 7.11 Å². The Kier molecular flexibility index (Phi) is 5.44. The van der Waals surface area contributed by atoms with E-state index < -0.39 is 0 Å². The molecule has 0 radical (unpaired) electrons. The molecule has 0 amide bonds. The summed E-state index contributed by atoms with van der Waals surface area (Å²) in [5.41, 5.74) is 0.467. The van der Waals surface area contributed by atoms with Crippen LogP contribution >= 0.6 is 15.9 Å². The molecular formula is C12H16BrNO3. The Morgan fingerprint density at radius 3 is 2.71 bits per heavy atom. The summed E-state index contributed by atoms with van der Waals surface area (Å²) in [5.74, 6) is 0.283. The highest BCUT2D eigenvalue weighted by Crippen LogP contribution is 2.23. The summed E-state index contributed by atoms with van der Waals surface area (Å²) in [6.07, 6.45) is 0. The van der Waals surface area contributed by atoms with Gasteiger partial charge in [0.25, 0.3) is 0 Å². The highest BCUT2D eigenvalue weighted by Gasteiger charge is 2.11. The molecule has 1 aromatic rings. The molecule has 1 rings (SSSR count). The lowest BCUT2D eigenvalue weighted by molar-refractivity contribution is 0.0599. The van der Waals surface area contributed by atoms with Gasteiger partial charge in [0.2, 0.25) is 0 Å². The number of methoxy groups -OCH3 is 1. The molecule has 0 saturated carbocycles. The number of rotatable bonds is 5. The van der Waals surface area contributed by atoms with Gasteiger partial charge in [0.15, 0.2) is 0 Å². The van der Waals surface area contributed by atoms with E-state index in [1.807, 2.05) is 25.1 Å². The number of carbonyl (C=O) groups is 1. The zero-order chi connectivity index (χ0) is 12.8. The topological polar surface area (TPSA) is 38.8 Å². The summed E-state index contributed by atoms with van der Waals surface area (Å²) < 4.78 is 10.9. The van der Waals surface area contributed by atoms with E-state index in [9.17, 15) is 4.79 Å². The fraction of sp³-hybridized carbons (Fsp3) is 0.417. The predicted octanol–water partition coefficient (Wildman–Crippen LogP) is 2.18. The Morgan fingerprint density at radius 2 is 2.12 bits per heavy atom. The van der Waals surface area contributed by atoms with E-state index in [0.29, 0.717) is 22.4 Å². The van der Waals surface area contributed by atoms with Crippen molar-refractivity contribution < 1.29 is 14.3 Å². The molecule has 4 nitrogen and oxygen atoms in total. The number of hydrogen-bond donors (Lipinski definition) is 0. The van der Waals surface area contributed by atoms with Crippen LogP contribution in [0.2, 0.25) is 0 Å². The first-order chi connectivity index (χ1) is 8.04. The minimum Gasteiger partial charge on any atom is -0.492 e. The van der Waals surface area contributed by atoms with Crippen molar-refractivity contribution >= 4 is 21.9 Å². The molecule has 0 bridgehead atoms. The van der Waals surface area contributed by atoms with Gasteiger partial charge in [-0.1, -0.05) is 0 Å². The summed E-state index contributed by atoms with van der Waals surface area (Å²) in [7, 11) is 5.31. The quantitative estimate of drug-likeness (QED) is 0.782. The van der Waals surface area contributed by atoms with E-state index in [2.05, 4.69) is 20.7 Å². The third kappa shape index (κ3) is 4.36. The van der Waals surface area contributed by atoms with Crippen LogP contribution in [0, 0.1) is 0 Å². The summed E-state index contributed by atoms with van der Waals surface area (Å²) in [6.45, 7) is 1.40. The molecule has 94 valence electrons. The van der Waals surface area contributed by atoms with Crippen molar-refractivity contribution in [2.24, 2.45) is 0 Å². The van der Waals surface area contributed by atoms with Crippen molar-refractivity contribution in [1.82, 2.24) is 4.90 Å². The van der Waals surface area contributed by atoms with Gasteiger partial charge in [0.05, 0.1) is 12.7 Å². The zero-order valence-corrected chi connectivity index (χ0v) is 11.8. The van der Waals surface area contributed by atoms with E-state index >= 15 is 0 Å². The highest BCUT2D eigenvalue weighted by molar-refractivity contribution is 9.10. The number of benzene rings is 1. The SMILES string of the molecule is COC(=O)c1cc(OCCN(C)C)ccc1Br. The van der Waals surface area contributed by atoms with Gasteiger partial charge in [-0.2, -0.15) is 0 Å². The molecule has 1 aromatic carbocycles. The van der Waals surface area contributed by atoms with Crippen molar-refractivity contribution in [1.29, 1.82) is 0 Å². The first-order valence-electron chi connectivity index (χ1n) is 5.20. The summed E-state index contributed by atoms with van der Waals surface area (Å²) in [5, 5.41) is 0. The number of esters is 1. The molecule has 0 aliphatic rings. The molecule has 0 atom stereocenters. The predicted molar refractivity (Wildman–Crippen MR) is 69.5 cm³/mol.